The lowest BCUT2D eigenvalue weighted by atomic mass is 10.1. The zero-order chi connectivity index (χ0) is 15.2. The molecule has 0 heterocycles. The van der Waals surface area contributed by atoms with Gasteiger partial charge in [0, 0.05) is 31.4 Å². The van der Waals surface area contributed by atoms with Gasteiger partial charge in [-0.25, -0.2) is 4.39 Å². The van der Waals surface area contributed by atoms with Gasteiger partial charge < -0.3 is 10.2 Å². The van der Waals surface area contributed by atoms with Crippen LogP contribution in [0.4, 0.5) is 10.1 Å². The summed E-state index contributed by atoms with van der Waals surface area (Å²) in [6, 6.07) is 13.7. The van der Waals surface area contributed by atoms with E-state index in [1.165, 1.54) is 17.2 Å². The van der Waals surface area contributed by atoms with Crippen molar-refractivity contribution < 1.29 is 4.39 Å². The van der Waals surface area contributed by atoms with Gasteiger partial charge in [0.05, 0.1) is 0 Å². The number of aryl methyl sites for hydroxylation is 1. The van der Waals surface area contributed by atoms with Crippen LogP contribution in [0.2, 0.25) is 0 Å². The number of hydrogen-bond acceptors (Lipinski definition) is 2. The maximum Gasteiger partial charge on any atom is 0.129 e. The highest BCUT2D eigenvalue weighted by Gasteiger charge is 2.11. The Morgan fingerprint density at radius 1 is 1.10 bits per heavy atom. The fourth-order valence-electron chi connectivity index (χ4n) is 2.38. The molecule has 2 aromatic rings. The molecule has 2 nitrogen and oxygen atoms in total. The molecule has 0 bridgehead atoms. The van der Waals surface area contributed by atoms with Gasteiger partial charge in [-0.2, -0.15) is 0 Å². The Balaban J connectivity index is 2.19. The smallest absolute Gasteiger partial charge is 0.129 e. The van der Waals surface area contributed by atoms with E-state index in [4.69, 9.17) is 0 Å². The molecule has 0 aliphatic rings. The number of rotatable bonds is 6. The molecule has 2 rings (SSSR count). The molecule has 0 fully saturated rings. The largest absolute Gasteiger partial charge is 0.370 e. The maximum atomic E-state index is 14.1. The monoisotopic (exact) mass is 286 g/mol. The third kappa shape index (κ3) is 4.05. The predicted octanol–water partition coefficient (Wildman–Crippen LogP) is 3.88. The molecular weight excluding hydrogens is 263 g/mol. The fourth-order valence-corrected chi connectivity index (χ4v) is 2.38. The van der Waals surface area contributed by atoms with Crippen molar-refractivity contribution in [2.45, 2.75) is 26.9 Å². The number of hydrogen-bond donors (Lipinski definition) is 1. The van der Waals surface area contributed by atoms with Crippen LogP contribution in [-0.4, -0.2) is 13.6 Å². The molecule has 0 aliphatic heterocycles. The minimum Gasteiger partial charge on any atom is -0.370 e. The molecule has 2 aromatic carbocycles. The molecule has 112 valence electrons. The normalized spacial score (nSPS) is 10.7. The van der Waals surface area contributed by atoms with E-state index in [9.17, 15) is 4.39 Å². The molecule has 0 spiro atoms. The molecule has 0 saturated carbocycles. The minimum absolute atomic E-state index is 0.149. The van der Waals surface area contributed by atoms with Gasteiger partial charge in [0.25, 0.3) is 0 Å². The summed E-state index contributed by atoms with van der Waals surface area (Å²) in [5.41, 5.74) is 4.15. The van der Waals surface area contributed by atoms with Crippen LogP contribution in [0.1, 0.15) is 23.6 Å². The topological polar surface area (TPSA) is 15.3 Å². The Morgan fingerprint density at radius 3 is 2.48 bits per heavy atom. The van der Waals surface area contributed by atoms with E-state index < -0.39 is 0 Å². The summed E-state index contributed by atoms with van der Waals surface area (Å²) >= 11 is 0. The van der Waals surface area contributed by atoms with E-state index >= 15 is 0 Å². The molecule has 0 aromatic heterocycles. The average Bonchev–Trinajstić information content (AvgIpc) is 2.48. The highest BCUT2D eigenvalue weighted by atomic mass is 19.1. The lowest BCUT2D eigenvalue weighted by Gasteiger charge is -2.23. The Kier molecular flexibility index (Phi) is 5.34. The van der Waals surface area contributed by atoms with E-state index in [2.05, 4.69) is 41.4 Å². The zero-order valence-electron chi connectivity index (χ0n) is 13.0. The number of halogens is 1. The summed E-state index contributed by atoms with van der Waals surface area (Å²) in [7, 11) is 2.00. The second kappa shape index (κ2) is 7.23. The van der Waals surface area contributed by atoms with Crippen LogP contribution in [0.15, 0.2) is 42.5 Å². The summed E-state index contributed by atoms with van der Waals surface area (Å²) in [5, 5.41) is 3.21. The van der Waals surface area contributed by atoms with Crippen molar-refractivity contribution in [3.63, 3.8) is 0 Å². The summed E-state index contributed by atoms with van der Waals surface area (Å²) < 4.78 is 14.1. The lowest BCUT2D eigenvalue weighted by Crippen LogP contribution is -2.21. The van der Waals surface area contributed by atoms with Crippen molar-refractivity contribution in [1.29, 1.82) is 0 Å². The van der Waals surface area contributed by atoms with Gasteiger partial charge >= 0.3 is 0 Å². The zero-order valence-corrected chi connectivity index (χ0v) is 13.0. The van der Waals surface area contributed by atoms with Crippen LogP contribution in [0, 0.1) is 12.7 Å². The molecule has 21 heavy (non-hydrogen) atoms. The molecule has 0 unspecified atom stereocenters. The highest BCUT2D eigenvalue weighted by Crippen LogP contribution is 2.23. The molecule has 0 atom stereocenters. The Labute approximate surface area is 126 Å². The Hall–Kier alpha value is -1.87. The van der Waals surface area contributed by atoms with Crippen LogP contribution in [0.5, 0.6) is 0 Å². The molecule has 1 N–H and O–H groups in total. The van der Waals surface area contributed by atoms with Gasteiger partial charge in [-0.1, -0.05) is 42.8 Å². The number of benzene rings is 2. The van der Waals surface area contributed by atoms with Gasteiger partial charge in [-0.3, -0.25) is 0 Å². The van der Waals surface area contributed by atoms with Crippen LogP contribution in [0.3, 0.4) is 0 Å². The lowest BCUT2D eigenvalue weighted by molar-refractivity contribution is 0.592. The Bertz CT molecular complexity index is 578. The summed E-state index contributed by atoms with van der Waals surface area (Å²) in [5.74, 6) is -0.149. The summed E-state index contributed by atoms with van der Waals surface area (Å²) in [4.78, 5) is 2.10. The van der Waals surface area contributed by atoms with Crippen molar-refractivity contribution in [2.75, 3.05) is 18.5 Å². The van der Waals surface area contributed by atoms with E-state index in [0.29, 0.717) is 6.54 Å². The standard InChI is InChI=1S/C18H23FN2/c1-4-20-12-16-17(19)6-5-7-18(16)21(3)13-15-10-8-14(2)9-11-15/h5-11,20H,4,12-13H2,1-3H3. The SMILES string of the molecule is CCNCc1c(F)cccc1N(C)Cc1ccc(C)cc1. The number of anilines is 1. The summed E-state index contributed by atoms with van der Waals surface area (Å²) in [6.45, 7) is 6.25. The van der Waals surface area contributed by atoms with E-state index in [1.54, 1.807) is 6.07 Å². The minimum atomic E-state index is -0.149. The van der Waals surface area contributed by atoms with E-state index in [-0.39, 0.29) is 5.82 Å². The molecule has 0 amide bonds. The first-order valence-corrected chi connectivity index (χ1v) is 7.36. The van der Waals surface area contributed by atoms with Gasteiger partial charge in [0.15, 0.2) is 0 Å². The van der Waals surface area contributed by atoms with E-state index in [0.717, 1.165) is 24.3 Å². The van der Waals surface area contributed by atoms with Crippen LogP contribution < -0.4 is 10.2 Å². The number of nitrogens with zero attached hydrogens (tertiary/aromatic N) is 1. The molecule has 0 radical (unpaired) electrons. The predicted molar refractivity (Wildman–Crippen MR) is 87.1 cm³/mol. The van der Waals surface area contributed by atoms with Crippen molar-refractivity contribution in [1.82, 2.24) is 5.32 Å². The fraction of sp³-hybridized carbons (Fsp3) is 0.333. The first-order valence-electron chi connectivity index (χ1n) is 7.36. The average molecular weight is 286 g/mol. The van der Waals surface area contributed by atoms with Crippen LogP contribution in [-0.2, 0) is 13.1 Å². The quantitative estimate of drug-likeness (QED) is 0.867. The third-order valence-corrected chi connectivity index (χ3v) is 3.60. The second-order valence-electron chi connectivity index (χ2n) is 5.36. The maximum absolute atomic E-state index is 14.1. The van der Waals surface area contributed by atoms with Gasteiger partial charge in [0.2, 0.25) is 0 Å². The van der Waals surface area contributed by atoms with Crippen molar-refractivity contribution in [3.8, 4) is 0 Å². The van der Waals surface area contributed by atoms with Crippen LogP contribution >= 0.6 is 0 Å². The van der Waals surface area contributed by atoms with Gasteiger partial charge in [-0.15, -0.1) is 0 Å². The molecule has 3 heteroatoms. The third-order valence-electron chi connectivity index (χ3n) is 3.60. The first-order chi connectivity index (χ1) is 10.1. The first kappa shape index (κ1) is 15.5. The molecule has 0 aliphatic carbocycles. The summed E-state index contributed by atoms with van der Waals surface area (Å²) in [6.07, 6.45) is 0. The second-order valence-corrected chi connectivity index (χ2v) is 5.36. The molecule has 0 saturated heterocycles. The van der Waals surface area contributed by atoms with Crippen LogP contribution in [0.25, 0.3) is 0 Å². The van der Waals surface area contributed by atoms with Gasteiger partial charge in [-0.05, 0) is 31.2 Å². The van der Waals surface area contributed by atoms with Crippen molar-refractivity contribution in [2.24, 2.45) is 0 Å². The Morgan fingerprint density at radius 2 is 1.81 bits per heavy atom. The van der Waals surface area contributed by atoms with E-state index in [1.807, 2.05) is 20.0 Å². The van der Waals surface area contributed by atoms with Gasteiger partial charge in [0.1, 0.15) is 5.82 Å². The molecular formula is C18H23FN2. The van der Waals surface area contributed by atoms with Crippen molar-refractivity contribution >= 4 is 5.69 Å². The number of nitrogens with one attached hydrogen (secondary N) is 1. The highest BCUT2D eigenvalue weighted by molar-refractivity contribution is 5.54. The van der Waals surface area contributed by atoms with Crippen molar-refractivity contribution in [3.05, 3.63) is 65.0 Å².